The highest BCUT2D eigenvalue weighted by atomic mass is 19.3. The Kier molecular flexibility index (Phi) is 4.30. The van der Waals surface area contributed by atoms with E-state index < -0.39 is 23.8 Å². The highest BCUT2D eigenvalue weighted by Gasteiger charge is 2.52. The monoisotopic (exact) mass is 346 g/mol. The average Bonchev–Trinajstić information content (AvgIpc) is 2.85. The van der Waals surface area contributed by atoms with Crippen LogP contribution < -0.4 is 5.73 Å². The Morgan fingerprint density at radius 1 is 1.36 bits per heavy atom. The number of aliphatic imine (C=N–C) groups is 1. The molecule has 1 aliphatic carbocycles. The number of fused-ring (bicyclic) bond motifs is 1. The molecule has 3 atom stereocenters. The van der Waals surface area contributed by atoms with Crippen LogP contribution in [0.5, 0.6) is 0 Å². The molecule has 0 aromatic heterocycles. The van der Waals surface area contributed by atoms with Gasteiger partial charge in [-0.15, -0.1) is 0 Å². The van der Waals surface area contributed by atoms with E-state index in [1.807, 2.05) is 12.1 Å². The van der Waals surface area contributed by atoms with E-state index in [2.05, 4.69) is 25.8 Å². The Balaban J connectivity index is 2.31. The first-order chi connectivity index (χ1) is 11.8. The van der Waals surface area contributed by atoms with Crippen molar-refractivity contribution in [1.29, 1.82) is 0 Å². The second-order valence-electron chi connectivity index (χ2n) is 7.63. The quantitative estimate of drug-likeness (QED) is 0.884. The summed E-state index contributed by atoms with van der Waals surface area (Å²) in [6.45, 7) is 6.40. The Hall–Kier alpha value is -2.04. The zero-order valence-electron chi connectivity index (χ0n) is 14.8. The van der Waals surface area contributed by atoms with Gasteiger partial charge in [0.2, 0.25) is 5.91 Å². The van der Waals surface area contributed by atoms with Gasteiger partial charge in [-0.3, -0.25) is 9.79 Å². The maximum atomic E-state index is 13.8. The van der Waals surface area contributed by atoms with Crippen LogP contribution in [0, 0.1) is 0 Å². The second kappa shape index (κ2) is 6.04. The second-order valence-corrected chi connectivity index (χ2v) is 7.63. The van der Waals surface area contributed by atoms with E-state index in [4.69, 9.17) is 5.73 Å². The standard InChI is InChI=1S/C20H24F2N2O/c1-4-12-11-19(2,3)13-7-5-8-14(15(12)13)20(18(23)25)9-6-10-24-16(20)17(21)22/h5-10,12,16-17H,4,11H2,1-3H3,(H2,23,25). The lowest BCUT2D eigenvalue weighted by atomic mass is 9.69. The van der Waals surface area contributed by atoms with Gasteiger partial charge in [0.05, 0.1) is 0 Å². The normalized spacial score (nSPS) is 29.8. The number of primary amides is 1. The van der Waals surface area contributed by atoms with Crippen molar-refractivity contribution in [3.8, 4) is 0 Å². The minimum Gasteiger partial charge on any atom is -0.369 e. The maximum absolute atomic E-state index is 13.8. The van der Waals surface area contributed by atoms with Crippen molar-refractivity contribution in [2.75, 3.05) is 0 Å². The Labute approximate surface area is 147 Å². The first-order valence-electron chi connectivity index (χ1n) is 8.68. The van der Waals surface area contributed by atoms with E-state index in [1.54, 1.807) is 12.1 Å². The van der Waals surface area contributed by atoms with E-state index in [0.717, 1.165) is 24.0 Å². The van der Waals surface area contributed by atoms with E-state index in [-0.39, 0.29) is 11.3 Å². The van der Waals surface area contributed by atoms with E-state index in [0.29, 0.717) is 5.56 Å². The lowest BCUT2D eigenvalue weighted by molar-refractivity contribution is -0.124. The lowest BCUT2D eigenvalue weighted by Gasteiger charge is -2.37. The lowest BCUT2D eigenvalue weighted by Crippen LogP contribution is -2.52. The van der Waals surface area contributed by atoms with Crippen LogP contribution in [-0.2, 0) is 15.6 Å². The van der Waals surface area contributed by atoms with Crippen LogP contribution in [0.3, 0.4) is 0 Å². The van der Waals surface area contributed by atoms with Crippen molar-refractivity contribution >= 4 is 12.1 Å². The van der Waals surface area contributed by atoms with E-state index in [9.17, 15) is 13.6 Å². The van der Waals surface area contributed by atoms with Gasteiger partial charge < -0.3 is 5.73 Å². The molecule has 3 rings (SSSR count). The van der Waals surface area contributed by atoms with Crippen molar-refractivity contribution in [3.63, 3.8) is 0 Å². The summed E-state index contributed by atoms with van der Waals surface area (Å²) in [4.78, 5) is 16.4. The van der Waals surface area contributed by atoms with Gasteiger partial charge in [0.15, 0.2) is 0 Å². The molecule has 134 valence electrons. The molecular weight excluding hydrogens is 322 g/mol. The molecule has 1 aromatic carbocycles. The van der Waals surface area contributed by atoms with Crippen molar-refractivity contribution in [3.05, 3.63) is 47.0 Å². The largest absolute Gasteiger partial charge is 0.369 e. The number of halogens is 2. The summed E-state index contributed by atoms with van der Waals surface area (Å²) < 4.78 is 27.6. The third-order valence-electron chi connectivity index (χ3n) is 5.74. The highest BCUT2D eigenvalue weighted by molar-refractivity contribution is 5.94. The van der Waals surface area contributed by atoms with Crippen molar-refractivity contribution < 1.29 is 13.6 Å². The number of amides is 1. The first-order valence-corrected chi connectivity index (χ1v) is 8.68. The highest BCUT2D eigenvalue weighted by Crippen LogP contribution is 2.52. The van der Waals surface area contributed by atoms with Gasteiger partial charge in [-0.25, -0.2) is 8.78 Å². The first kappa shape index (κ1) is 17.8. The number of dihydropyridines is 1. The molecule has 1 amide bonds. The van der Waals surface area contributed by atoms with Gasteiger partial charge in [-0.1, -0.05) is 45.0 Å². The molecule has 0 bridgehead atoms. The summed E-state index contributed by atoms with van der Waals surface area (Å²) in [5.74, 6) is -0.561. The molecule has 0 radical (unpaired) electrons. The van der Waals surface area contributed by atoms with Gasteiger partial charge in [0.25, 0.3) is 6.43 Å². The Bertz CT molecular complexity index is 754. The number of hydrogen-bond acceptors (Lipinski definition) is 2. The van der Waals surface area contributed by atoms with Crippen molar-refractivity contribution in [1.82, 2.24) is 0 Å². The van der Waals surface area contributed by atoms with Crippen molar-refractivity contribution in [2.45, 2.75) is 62.8 Å². The van der Waals surface area contributed by atoms with Crippen LogP contribution >= 0.6 is 0 Å². The summed E-state index contributed by atoms with van der Waals surface area (Å²) in [5, 5.41) is 0. The number of hydrogen-bond donors (Lipinski definition) is 1. The molecule has 1 aromatic rings. The number of nitrogens with two attached hydrogens (primary N) is 1. The molecule has 0 fully saturated rings. The third-order valence-corrected chi connectivity index (χ3v) is 5.74. The van der Waals surface area contributed by atoms with Crippen LogP contribution in [0.25, 0.3) is 0 Å². The Morgan fingerprint density at radius 3 is 2.64 bits per heavy atom. The molecule has 3 unspecified atom stereocenters. The molecule has 0 spiro atoms. The van der Waals surface area contributed by atoms with Crippen LogP contribution in [0.2, 0.25) is 0 Å². The molecule has 25 heavy (non-hydrogen) atoms. The fourth-order valence-corrected chi connectivity index (χ4v) is 4.56. The topological polar surface area (TPSA) is 55.5 Å². The molecule has 1 aliphatic heterocycles. The smallest absolute Gasteiger partial charge is 0.262 e. The SMILES string of the molecule is CCC1CC(C)(C)c2cccc(C3(C(N)=O)C=CC=NC3C(F)F)c21. The van der Waals surface area contributed by atoms with Gasteiger partial charge in [0, 0.05) is 6.21 Å². The predicted octanol–water partition coefficient (Wildman–Crippen LogP) is 3.86. The summed E-state index contributed by atoms with van der Waals surface area (Å²) in [6.07, 6.45) is 3.41. The molecule has 0 saturated heterocycles. The number of nitrogens with zero attached hydrogens (tertiary/aromatic N) is 1. The predicted molar refractivity (Wildman–Crippen MR) is 95.4 cm³/mol. The fraction of sp³-hybridized carbons (Fsp3) is 0.500. The number of allylic oxidation sites excluding steroid dienone is 1. The third kappa shape index (κ3) is 2.52. The number of carbonyl (C=O) groups is 1. The van der Waals surface area contributed by atoms with Crippen LogP contribution in [0.15, 0.2) is 35.3 Å². The number of rotatable bonds is 4. The minimum atomic E-state index is -2.78. The van der Waals surface area contributed by atoms with Gasteiger partial charge in [0.1, 0.15) is 11.5 Å². The van der Waals surface area contributed by atoms with Crippen LogP contribution in [0.1, 0.15) is 56.2 Å². The van der Waals surface area contributed by atoms with Gasteiger partial charge in [-0.05, 0) is 46.9 Å². The summed E-state index contributed by atoms with van der Waals surface area (Å²) >= 11 is 0. The number of benzene rings is 1. The molecule has 3 nitrogen and oxygen atoms in total. The van der Waals surface area contributed by atoms with Crippen LogP contribution in [0.4, 0.5) is 8.78 Å². The molecule has 0 saturated carbocycles. The van der Waals surface area contributed by atoms with E-state index in [1.165, 1.54) is 12.3 Å². The fourth-order valence-electron chi connectivity index (χ4n) is 4.56. The zero-order chi connectivity index (χ0) is 18.4. The number of alkyl halides is 2. The van der Waals surface area contributed by atoms with Gasteiger partial charge >= 0.3 is 0 Å². The number of carbonyl (C=O) groups excluding carboxylic acids is 1. The van der Waals surface area contributed by atoms with Crippen molar-refractivity contribution in [2.24, 2.45) is 10.7 Å². The maximum Gasteiger partial charge on any atom is 0.262 e. The van der Waals surface area contributed by atoms with Gasteiger partial charge in [-0.2, -0.15) is 0 Å². The molecule has 2 N–H and O–H groups in total. The zero-order valence-corrected chi connectivity index (χ0v) is 14.8. The molecule has 5 heteroatoms. The molecule has 2 aliphatic rings. The van der Waals surface area contributed by atoms with Crippen LogP contribution in [-0.4, -0.2) is 24.6 Å². The Morgan fingerprint density at radius 2 is 2.04 bits per heavy atom. The van der Waals surface area contributed by atoms with E-state index >= 15 is 0 Å². The molecular formula is C20H24F2N2O. The summed E-state index contributed by atoms with van der Waals surface area (Å²) in [7, 11) is 0. The molecule has 1 heterocycles. The minimum absolute atomic E-state index is 0.0627. The average molecular weight is 346 g/mol. The summed E-state index contributed by atoms with van der Waals surface area (Å²) in [5.41, 5.74) is 6.75. The summed E-state index contributed by atoms with van der Waals surface area (Å²) in [6, 6.07) is 4.15.